The van der Waals surface area contributed by atoms with Crippen LogP contribution in [0, 0.1) is 0 Å². The molecule has 7 nitrogen and oxygen atoms in total. The Morgan fingerprint density at radius 1 is 1.00 bits per heavy atom. The number of carboxylic acid groups (broad SMARTS) is 1. The minimum absolute atomic E-state index is 0.0102. The number of ether oxygens (including phenoxy) is 1. The summed E-state index contributed by atoms with van der Waals surface area (Å²) in [6.45, 7) is 0. The number of amides is 2. The first kappa shape index (κ1) is 16.0. The van der Waals surface area contributed by atoms with Crippen molar-refractivity contribution in [1.29, 1.82) is 0 Å². The normalized spacial score (nSPS) is 9.78. The van der Waals surface area contributed by atoms with Crippen molar-refractivity contribution in [3.8, 4) is 5.75 Å². The second-order valence-electron chi connectivity index (χ2n) is 4.56. The fourth-order valence-electron chi connectivity index (χ4n) is 1.78. The number of hydrogen-bond donors (Lipinski definition) is 2. The number of hydrogen-bond acceptors (Lipinski definition) is 4. The Morgan fingerprint density at radius 2 is 1.65 bits per heavy atom. The fraction of sp³-hybridized carbons (Fsp3) is 0.0625. The van der Waals surface area contributed by atoms with Crippen LogP contribution in [0.3, 0.4) is 0 Å². The lowest BCUT2D eigenvalue weighted by molar-refractivity contribution is 0.0696. The standard InChI is InChI=1S/C16H14N2O5/c1-18(14(19)11-6-3-2-4-7-11)17-16(22)23-13-9-5-8-12(10-13)15(20)21/h2-10H,1H3,(H,17,22)(H,20,21). The van der Waals surface area contributed by atoms with Gasteiger partial charge in [-0.2, -0.15) is 0 Å². The molecule has 2 aromatic rings. The molecule has 0 aliphatic carbocycles. The van der Waals surface area contributed by atoms with Crippen molar-refractivity contribution in [1.82, 2.24) is 10.4 Å². The van der Waals surface area contributed by atoms with Gasteiger partial charge in [0.1, 0.15) is 5.75 Å². The lowest BCUT2D eigenvalue weighted by Gasteiger charge is -2.18. The van der Waals surface area contributed by atoms with Gasteiger partial charge in [-0.1, -0.05) is 24.3 Å². The molecule has 0 unspecified atom stereocenters. The van der Waals surface area contributed by atoms with Gasteiger partial charge in [-0.3, -0.25) is 9.80 Å². The summed E-state index contributed by atoms with van der Waals surface area (Å²) in [5, 5.41) is 9.86. The number of nitrogens with zero attached hydrogens (tertiary/aromatic N) is 1. The highest BCUT2D eigenvalue weighted by molar-refractivity contribution is 5.94. The first-order valence-electron chi connectivity index (χ1n) is 6.62. The summed E-state index contributed by atoms with van der Waals surface area (Å²) >= 11 is 0. The molecule has 0 aliphatic heterocycles. The number of carboxylic acids is 1. The number of rotatable bonds is 3. The lowest BCUT2D eigenvalue weighted by Crippen LogP contribution is -2.44. The second kappa shape index (κ2) is 7.08. The summed E-state index contributed by atoms with van der Waals surface area (Å²) in [5.41, 5.74) is 2.65. The predicted octanol–water partition coefficient (Wildman–Crippen LogP) is 2.16. The van der Waals surface area contributed by atoms with Crippen LogP contribution in [0.1, 0.15) is 20.7 Å². The Balaban J connectivity index is 1.98. The molecule has 0 bridgehead atoms. The first-order valence-corrected chi connectivity index (χ1v) is 6.62. The Hall–Kier alpha value is -3.35. The van der Waals surface area contributed by atoms with Crippen molar-refractivity contribution in [3.63, 3.8) is 0 Å². The Morgan fingerprint density at radius 3 is 2.30 bits per heavy atom. The number of hydrazine groups is 1. The monoisotopic (exact) mass is 314 g/mol. The molecule has 0 fully saturated rings. The smallest absolute Gasteiger partial charge is 0.431 e. The predicted molar refractivity (Wildman–Crippen MR) is 81.1 cm³/mol. The molecule has 0 spiro atoms. The maximum atomic E-state index is 12.1. The van der Waals surface area contributed by atoms with Crippen LogP contribution in [-0.4, -0.2) is 35.1 Å². The third-order valence-corrected chi connectivity index (χ3v) is 2.88. The molecule has 0 heterocycles. The summed E-state index contributed by atoms with van der Waals surface area (Å²) in [6, 6.07) is 13.9. The summed E-state index contributed by atoms with van der Waals surface area (Å²) in [7, 11) is 1.38. The van der Waals surface area contributed by atoms with E-state index >= 15 is 0 Å². The Kier molecular flexibility index (Phi) is 4.93. The quantitative estimate of drug-likeness (QED) is 0.846. The van der Waals surface area contributed by atoms with E-state index in [0.29, 0.717) is 5.56 Å². The minimum Gasteiger partial charge on any atom is -0.478 e. The molecule has 0 atom stereocenters. The zero-order chi connectivity index (χ0) is 16.8. The highest BCUT2D eigenvalue weighted by Gasteiger charge is 2.15. The third kappa shape index (κ3) is 4.31. The van der Waals surface area contributed by atoms with Crippen molar-refractivity contribution >= 4 is 18.0 Å². The van der Waals surface area contributed by atoms with Gasteiger partial charge in [-0.15, -0.1) is 0 Å². The Bertz CT molecular complexity index is 730. The van der Waals surface area contributed by atoms with Gasteiger partial charge in [0.05, 0.1) is 5.56 Å². The average Bonchev–Trinajstić information content (AvgIpc) is 2.55. The van der Waals surface area contributed by atoms with Crippen molar-refractivity contribution in [2.24, 2.45) is 0 Å². The number of aromatic carboxylic acids is 1. The molecule has 118 valence electrons. The molecule has 0 radical (unpaired) electrons. The van der Waals surface area contributed by atoms with E-state index in [1.807, 2.05) is 0 Å². The molecule has 0 saturated carbocycles. The molecular weight excluding hydrogens is 300 g/mol. The van der Waals surface area contributed by atoms with Crippen LogP contribution < -0.4 is 10.2 Å². The van der Waals surface area contributed by atoms with Crippen LogP contribution in [0.4, 0.5) is 4.79 Å². The van der Waals surface area contributed by atoms with Crippen LogP contribution in [0.5, 0.6) is 5.75 Å². The van der Waals surface area contributed by atoms with Gasteiger partial charge in [0.2, 0.25) is 0 Å². The molecule has 23 heavy (non-hydrogen) atoms. The SMILES string of the molecule is CN(NC(=O)Oc1cccc(C(=O)O)c1)C(=O)c1ccccc1. The van der Waals surface area contributed by atoms with Gasteiger partial charge in [-0.05, 0) is 30.3 Å². The van der Waals surface area contributed by atoms with Crippen LogP contribution in [0.2, 0.25) is 0 Å². The van der Waals surface area contributed by atoms with Crippen LogP contribution >= 0.6 is 0 Å². The number of benzene rings is 2. The van der Waals surface area contributed by atoms with Gasteiger partial charge < -0.3 is 9.84 Å². The lowest BCUT2D eigenvalue weighted by atomic mass is 10.2. The minimum atomic E-state index is -1.13. The Labute approximate surface area is 132 Å². The molecule has 0 aliphatic rings. The van der Waals surface area contributed by atoms with Gasteiger partial charge in [-0.25, -0.2) is 15.0 Å². The number of nitrogens with one attached hydrogen (secondary N) is 1. The molecule has 0 aromatic heterocycles. The number of carbonyl (C=O) groups is 3. The summed E-state index contributed by atoms with van der Waals surface area (Å²) in [6.07, 6.45) is -0.903. The van der Waals surface area contributed by atoms with E-state index in [-0.39, 0.29) is 11.3 Å². The number of carbonyl (C=O) groups excluding carboxylic acids is 2. The molecule has 2 N–H and O–H groups in total. The zero-order valence-electron chi connectivity index (χ0n) is 12.2. The third-order valence-electron chi connectivity index (χ3n) is 2.88. The maximum absolute atomic E-state index is 12.1. The van der Waals surface area contributed by atoms with Crippen LogP contribution in [0.25, 0.3) is 0 Å². The zero-order valence-corrected chi connectivity index (χ0v) is 12.2. The van der Waals surface area contributed by atoms with Gasteiger partial charge in [0.15, 0.2) is 0 Å². The van der Waals surface area contributed by atoms with E-state index in [1.54, 1.807) is 30.3 Å². The molecule has 7 heteroatoms. The summed E-state index contributed by atoms with van der Waals surface area (Å²) in [5.74, 6) is -1.49. The van der Waals surface area contributed by atoms with Crippen molar-refractivity contribution < 1.29 is 24.2 Å². The molecule has 2 amide bonds. The van der Waals surface area contributed by atoms with Gasteiger partial charge in [0, 0.05) is 12.6 Å². The van der Waals surface area contributed by atoms with E-state index < -0.39 is 18.0 Å². The molecular formula is C16H14N2O5. The van der Waals surface area contributed by atoms with Crippen molar-refractivity contribution in [3.05, 3.63) is 65.7 Å². The van der Waals surface area contributed by atoms with E-state index in [4.69, 9.17) is 9.84 Å². The average molecular weight is 314 g/mol. The van der Waals surface area contributed by atoms with Crippen LogP contribution in [-0.2, 0) is 0 Å². The van der Waals surface area contributed by atoms with Gasteiger partial charge >= 0.3 is 12.1 Å². The summed E-state index contributed by atoms with van der Waals surface area (Å²) in [4.78, 5) is 34.7. The fourth-order valence-corrected chi connectivity index (χ4v) is 1.78. The highest BCUT2D eigenvalue weighted by Crippen LogP contribution is 2.13. The highest BCUT2D eigenvalue weighted by atomic mass is 16.6. The van der Waals surface area contributed by atoms with E-state index in [9.17, 15) is 14.4 Å². The second-order valence-corrected chi connectivity index (χ2v) is 4.56. The van der Waals surface area contributed by atoms with Gasteiger partial charge in [0.25, 0.3) is 5.91 Å². The van der Waals surface area contributed by atoms with Crippen molar-refractivity contribution in [2.75, 3.05) is 7.05 Å². The maximum Gasteiger partial charge on any atom is 0.431 e. The van der Waals surface area contributed by atoms with Crippen molar-refractivity contribution in [2.45, 2.75) is 0 Å². The molecule has 2 aromatic carbocycles. The molecule has 2 rings (SSSR count). The largest absolute Gasteiger partial charge is 0.478 e. The van der Waals surface area contributed by atoms with Crippen LogP contribution in [0.15, 0.2) is 54.6 Å². The molecule has 0 saturated heterocycles. The topological polar surface area (TPSA) is 95.9 Å². The van der Waals surface area contributed by atoms with E-state index in [0.717, 1.165) is 5.01 Å². The van der Waals surface area contributed by atoms with E-state index in [1.165, 1.54) is 31.3 Å². The summed E-state index contributed by atoms with van der Waals surface area (Å²) < 4.78 is 4.95. The first-order chi connectivity index (χ1) is 11.0. The van der Waals surface area contributed by atoms with E-state index in [2.05, 4.69) is 5.43 Å².